The van der Waals surface area contributed by atoms with Crippen LogP contribution in [0.25, 0.3) is 0 Å². The number of halogens is 1. The van der Waals surface area contributed by atoms with Gasteiger partial charge in [-0.3, -0.25) is 4.79 Å². The third-order valence-corrected chi connectivity index (χ3v) is 2.87. The number of ether oxygens (including phenoxy) is 1. The minimum atomic E-state index is -0.434. The van der Waals surface area contributed by atoms with Gasteiger partial charge in [-0.1, -0.05) is 30.3 Å². The van der Waals surface area contributed by atoms with Crippen LogP contribution in [-0.2, 0) is 16.1 Å². The van der Waals surface area contributed by atoms with Gasteiger partial charge in [0.25, 0.3) is 0 Å². The van der Waals surface area contributed by atoms with Crippen molar-refractivity contribution in [3.8, 4) is 0 Å². The van der Waals surface area contributed by atoms with Gasteiger partial charge in [-0.25, -0.2) is 4.39 Å². The van der Waals surface area contributed by atoms with Crippen LogP contribution in [0.1, 0.15) is 12.0 Å². The van der Waals surface area contributed by atoms with Crippen molar-refractivity contribution >= 4 is 17.3 Å². The maximum absolute atomic E-state index is 12.9. The number of anilines is 2. The highest BCUT2D eigenvalue weighted by Gasteiger charge is 2.06. The van der Waals surface area contributed by atoms with Crippen molar-refractivity contribution < 1.29 is 13.9 Å². The molecule has 2 aromatic rings. The maximum Gasteiger partial charge on any atom is 0.226 e. The highest BCUT2D eigenvalue weighted by molar-refractivity contribution is 5.93. The Morgan fingerprint density at radius 2 is 1.95 bits per heavy atom. The van der Waals surface area contributed by atoms with Crippen molar-refractivity contribution in [2.24, 2.45) is 0 Å². The number of nitrogens with one attached hydrogen (secondary N) is 1. The standard InChI is InChI=1S/C16H17FN2O2/c17-13-6-7-15(14(18)10-13)19-16(20)8-9-21-11-12-4-2-1-3-5-12/h1-7,10H,8-9,11,18H2,(H,19,20). The van der Waals surface area contributed by atoms with Crippen molar-refractivity contribution in [2.45, 2.75) is 13.0 Å². The van der Waals surface area contributed by atoms with E-state index < -0.39 is 5.82 Å². The predicted octanol–water partition coefficient (Wildman–Crippen LogP) is 2.95. The van der Waals surface area contributed by atoms with E-state index in [1.54, 1.807) is 0 Å². The molecule has 1 amide bonds. The summed E-state index contributed by atoms with van der Waals surface area (Å²) >= 11 is 0. The molecule has 0 atom stereocenters. The molecule has 0 aliphatic heterocycles. The Kier molecular flexibility index (Phi) is 5.29. The van der Waals surface area contributed by atoms with E-state index in [1.165, 1.54) is 18.2 Å². The highest BCUT2D eigenvalue weighted by atomic mass is 19.1. The van der Waals surface area contributed by atoms with Gasteiger partial charge in [0, 0.05) is 0 Å². The van der Waals surface area contributed by atoms with Crippen LogP contribution < -0.4 is 11.1 Å². The predicted molar refractivity (Wildman–Crippen MR) is 80.2 cm³/mol. The third-order valence-electron chi connectivity index (χ3n) is 2.87. The molecule has 0 unspecified atom stereocenters. The first-order chi connectivity index (χ1) is 10.1. The lowest BCUT2D eigenvalue weighted by Crippen LogP contribution is -2.15. The average Bonchev–Trinajstić information content (AvgIpc) is 2.48. The maximum atomic E-state index is 12.9. The Labute approximate surface area is 122 Å². The van der Waals surface area contributed by atoms with Gasteiger partial charge >= 0.3 is 0 Å². The summed E-state index contributed by atoms with van der Waals surface area (Å²) in [5.74, 6) is -0.655. The Balaban J connectivity index is 1.72. The number of hydrogen-bond donors (Lipinski definition) is 2. The Morgan fingerprint density at radius 1 is 1.19 bits per heavy atom. The van der Waals surface area contributed by atoms with Crippen molar-refractivity contribution in [1.82, 2.24) is 0 Å². The quantitative estimate of drug-likeness (QED) is 0.634. The molecule has 21 heavy (non-hydrogen) atoms. The van der Waals surface area contributed by atoms with Crippen LogP contribution >= 0.6 is 0 Å². The molecule has 0 aromatic heterocycles. The van der Waals surface area contributed by atoms with Crippen LogP contribution in [0.15, 0.2) is 48.5 Å². The van der Waals surface area contributed by atoms with Crippen molar-refractivity contribution in [2.75, 3.05) is 17.7 Å². The average molecular weight is 288 g/mol. The van der Waals surface area contributed by atoms with Crippen LogP contribution in [0.3, 0.4) is 0 Å². The van der Waals surface area contributed by atoms with Gasteiger partial charge in [-0.2, -0.15) is 0 Å². The fraction of sp³-hybridized carbons (Fsp3) is 0.188. The van der Waals surface area contributed by atoms with Crippen LogP contribution in [-0.4, -0.2) is 12.5 Å². The molecular formula is C16H17FN2O2. The van der Waals surface area contributed by atoms with Gasteiger partial charge in [0.15, 0.2) is 0 Å². The summed E-state index contributed by atoms with van der Waals surface area (Å²) in [4.78, 5) is 11.7. The molecule has 2 rings (SSSR count). The smallest absolute Gasteiger partial charge is 0.226 e. The zero-order valence-electron chi connectivity index (χ0n) is 11.5. The summed E-state index contributed by atoms with van der Waals surface area (Å²) in [5.41, 5.74) is 7.28. The van der Waals surface area contributed by atoms with Gasteiger partial charge in [-0.15, -0.1) is 0 Å². The number of nitrogen functional groups attached to an aromatic ring is 1. The SMILES string of the molecule is Nc1cc(F)ccc1NC(=O)CCOCc1ccccc1. The minimum Gasteiger partial charge on any atom is -0.397 e. The molecule has 0 spiro atoms. The van der Waals surface area contributed by atoms with Gasteiger partial charge < -0.3 is 15.8 Å². The van der Waals surface area contributed by atoms with E-state index in [0.717, 1.165) is 5.56 Å². The van der Waals surface area contributed by atoms with E-state index in [2.05, 4.69) is 5.32 Å². The number of amides is 1. The number of carbonyl (C=O) groups excluding carboxylic acids is 1. The molecule has 0 aliphatic carbocycles. The largest absolute Gasteiger partial charge is 0.397 e. The summed E-state index contributed by atoms with van der Waals surface area (Å²) in [5, 5.41) is 2.63. The minimum absolute atomic E-state index is 0.202. The topological polar surface area (TPSA) is 64.3 Å². The first-order valence-electron chi connectivity index (χ1n) is 6.61. The zero-order chi connectivity index (χ0) is 15.1. The molecule has 0 bridgehead atoms. The van der Waals surface area contributed by atoms with Crippen LogP contribution in [0.5, 0.6) is 0 Å². The third kappa shape index (κ3) is 4.89. The number of carbonyl (C=O) groups is 1. The van der Waals surface area contributed by atoms with E-state index >= 15 is 0 Å². The lowest BCUT2D eigenvalue weighted by atomic mass is 10.2. The number of benzene rings is 2. The molecule has 0 saturated carbocycles. The molecule has 5 heteroatoms. The summed E-state index contributed by atoms with van der Waals surface area (Å²) in [6.45, 7) is 0.772. The van der Waals surface area contributed by atoms with Crippen molar-refractivity contribution in [1.29, 1.82) is 0 Å². The molecular weight excluding hydrogens is 271 g/mol. The molecule has 2 aromatic carbocycles. The van der Waals surface area contributed by atoms with E-state index in [1.807, 2.05) is 30.3 Å². The van der Waals surface area contributed by atoms with Gasteiger partial charge in [0.2, 0.25) is 5.91 Å². The first-order valence-corrected chi connectivity index (χ1v) is 6.61. The van der Waals surface area contributed by atoms with Gasteiger partial charge in [0.1, 0.15) is 5.82 Å². The van der Waals surface area contributed by atoms with E-state index in [-0.39, 0.29) is 18.0 Å². The van der Waals surface area contributed by atoms with Crippen LogP contribution in [0.2, 0.25) is 0 Å². The first kappa shape index (κ1) is 15.0. The van der Waals surface area contributed by atoms with E-state index in [0.29, 0.717) is 18.9 Å². The molecule has 0 fully saturated rings. The molecule has 0 saturated heterocycles. The number of rotatable bonds is 6. The molecule has 0 radical (unpaired) electrons. The molecule has 0 heterocycles. The summed E-state index contributed by atoms with van der Waals surface area (Å²) in [7, 11) is 0. The number of hydrogen-bond acceptors (Lipinski definition) is 3. The second-order valence-corrected chi connectivity index (χ2v) is 4.57. The van der Waals surface area contributed by atoms with E-state index in [4.69, 9.17) is 10.5 Å². The summed E-state index contributed by atoms with van der Waals surface area (Å²) in [6.07, 6.45) is 0.212. The van der Waals surface area contributed by atoms with Gasteiger partial charge in [-0.05, 0) is 23.8 Å². The van der Waals surface area contributed by atoms with Crippen molar-refractivity contribution in [3.05, 3.63) is 59.9 Å². The second kappa shape index (κ2) is 7.40. The lowest BCUT2D eigenvalue weighted by molar-refractivity contribution is -0.117. The second-order valence-electron chi connectivity index (χ2n) is 4.57. The summed E-state index contributed by atoms with van der Waals surface area (Å²) in [6, 6.07) is 13.6. The van der Waals surface area contributed by atoms with E-state index in [9.17, 15) is 9.18 Å². The zero-order valence-corrected chi connectivity index (χ0v) is 11.5. The van der Waals surface area contributed by atoms with Gasteiger partial charge in [0.05, 0.1) is 31.0 Å². The highest BCUT2D eigenvalue weighted by Crippen LogP contribution is 2.19. The molecule has 0 aliphatic rings. The lowest BCUT2D eigenvalue weighted by Gasteiger charge is -2.08. The Morgan fingerprint density at radius 3 is 2.67 bits per heavy atom. The fourth-order valence-electron chi connectivity index (χ4n) is 1.79. The summed E-state index contributed by atoms with van der Waals surface area (Å²) < 4.78 is 18.3. The van der Waals surface area contributed by atoms with Crippen LogP contribution in [0.4, 0.5) is 15.8 Å². The normalized spacial score (nSPS) is 10.3. The molecule has 110 valence electrons. The van der Waals surface area contributed by atoms with Crippen molar-refractivity contribution in [3.63, 3.8) is 0 Å². The fourth-order valence-corrected chi connectivity index (χ4v) is 1.79. The Hall–Kier alpha value is -2.40. The molecule has 3 N–H and O–H groups in total. The van der Waals surface area contributed by atoms with Crippen LogP contribution in [0, 0.1) is 5.82 Å². The Bertz CT molecular complexity index is 602. The monoisotopic (exact) mass is 288 g/mol. The number of nitrogens with two attached hydrogens (primary N) is 1. The molecule has 4 nitrogen and oxygen atoms in total.